The predicted octanol–water partition coefficient (Wildman–Crippen LogP) is 9.21. The molecule has 9 aromatic carbocycles. The Labute approximate surface area is 395 Å². The van der Waals surface area contributed by atoms with E-state index in [-0.39, 0.29) is 33.1 Å². The number of benzene rings is 9. The second kappa shape index (κ2) is 17.4. The van der Waals surface area contributed by atoms with E-state index in [1.165, 1.54) is 11.1 Å². The minimum atomic E-state index is 0.111. The lowest BCUT2D eigenvalue weighted by atomic mass is 9.60. The van der Waals surface area contributed by atoms with Gasteiger partial charge in [-0.1, -0.05) is 157 Å². The van der Waals surface area contributed by atoms with Crippen molar-refractivity contribution in [3.8, 4) is 67.5 Å². The Morgan fingerprint density at radius 2 is 0.806 bits per heavy atom. The van der Waals surface area contributed by atoms with Crippen molar-refractivity contribution in [3.05, 3.63) is 200 Å². The molecular formula is C57H33B5N4O. The van der Waals surface area contributed by atoms with Gasteiger partial charge in [-0.2, -0.15) is 0 Å². The number of hydrogen-bond acceptors (Lipinski definition) is 5. The molecule has 0 aliphatic heterocycles. The first-order chi connectivity index (χ1) is 32.8. The fraction of sp³-hybridized carbons (Fsp3) is 0. The smallest absolute Gasteiger partial charge is 0.164 e. The molecule has 0 fully saturated rings. The first-order valence-corrected chi connectivity index (χ1v) is 21.8. The molecule has 0 aliphatic carbocycles. The zero-order chi connectivity index (χ0) is 45.6. The van der Waals surface area contributed by atoms with Gasteiger partial charge < -0.3 is 9.32 Å². The molecule has 0 amide bonds. The van der Waals surface area contributed by atoms with E-state index in [2.05, 4.69) is 126 Å². The van der Waals surface area contributed by atoms with Gasteiger partial charge >= 0.3 is 0 Å². The van der Waals surface area contributed by atoms with Crippen LogP contribution in [-0.2, 0) is 0 Å². The summed E-state index contributed by atoms with van der Waals surface area (Å²) in [6, 6.07) is 68.4. The van der Waals surface area contributed by atoms with Crippen molar-refractivity contribution in [2.24, 2.45) is 0 Å². The molecule has 0 bridgehead atoms. The van der Waals surface area contributed by atoms with Gasteiger partial charge in [0.2, 0.25) is 0 Å². The minimum Gasteiger partial charge on any atom is -0.455 e. The Bertz CT molecular complexity index is 3590. The monoisotopic (exact) mass is 844 g/mol. The highest BCUT2D eigenvalue weighted by atomic mass is 16.3. The Hall–Kier alpha value is -8.09. The number of rotatable bonds is 9. The SMILES string of the molecule is [B]c1c([B])c([B])c(-c2nc(-c3ccccc3)nc(-c3cccc(-c4ccc(-c5ccc(N(c6ccccc6)c6ccc(-c7ccccc7)cc6)cc5)c5c4oc4ccccc45)c3)n2)c([B])c1[B]. The van der Waals surface area contributed by atoms with E-state index in [0.717, 1.165) is 72.4 Å². The molecule has 0 saturated carbocycles. The highest BCUT2D eigenvalue weighted by molar-refractivity contribution is 6.68. The third-order valence-corrected chi connectivity index (χ3v) is 12.2. The lowest BCUT2D eigenvalue weighted by Gasteiger charge is -2.26. The van der Waals surface area contributed by atoms with Crippen molar-refractivity contribution < 1.29 is 4.42 Å². The van der Waals surface area contributed by atoms with Gasteiger partial charge in [-0.05, 0) is 82.4 Å². The normalized spacial score (nSPS) is 11.3. The van der Waals surface area contributed by atoms with Crippen molar-refractivity contribution in [1.82, 2.24) is 15.0 Å². The number of nitrogens with zero attached hydrogens (tertiary/aromatic N) is 4. The van der Waals surface area contributed by atoms with Gasteiger partial charge in [0, 0.05) is 50.1 Å². The summed E-state index contributed by atoms with van der Waals surface area (Å²) in [6.45, 7) is 0. The van der Waals surface area contributed by atoms with Gasteiger partial charge in [0.1, 0.15) is 50.4 Å². The van der Waals surface area contributed by atoms with E-state index in [1.807, 2.05) is 78.9 Å². The first kappa shape index (κ1) is 41.6. The van der Waals surface area contributed by atoms with Crippen LogP contribution in [0.3, 0.4) is 0 Å². The fourth-order valence-electron chi connectivity index (χ4n) is 8.79. The summed E-state index contributed by atoms with van der Waals surface area (Å²) in [5.41, 5.74) is 13.4. The number of anilines is 3. The van der Waals surface area contributed by atoms with E-state index in [1.54, 1.807) is 0 Å². The van der Waals surface area contributed by atoms with Crippen LogP contribution in [0.1, 0.15) is 0 Å². The topological polar surface area (TPSA) is 55.1 Å². The first-order valence-electron chi connectivity index (χ1n) is 21.8. The molecule has 0 atom stereocenters. The summed E-state index contributed by atoms with van der Waals surface area (Å²) in [7, 11) is 31.8. The molecule has 0 unspecified atom stereocenters. The number of fused-ring (bicyclic) bond motifs is 3. The minimum absolute atomic E-state index is 0.111. The third kappa shape index (κ3) is 7.64. The van der Waals surface area contributed by atoms with Crippen LogP contribution in [0, 0.1) is 0 Å². The molecular weight excluding hydrogens is 811 g/mol. The standard InChI is InChI=1S/C57H33B5N4O/c58-49-48(50(59)52(61)53(62)51(49)60)57-64-55(37-15-6-2-7-16-37)63-56(65-57)39-18-12-17-38(33-39)44-32-31-43(47-45-21-10-11-22-46(45)67-54(44)47)36-25-29-42(30-26-36)66(40-19-8-3-9-20-40)41-27-23-35(24-28-41)34-13-4-1-5-14-34/h1-33H. The number of hydrogen-bond donors (Lipinski definition) is 0. The summed E-state index contributed by atoms with van der Waals surface area (Å²) in [5, 5.41) is 2.03. The lowest BCUT2D eigenvalue weighted by molar-refractivity contribution is 0.670. The molecule has 2 heterocycles. The van der Waals surface area contributed by atoms with Crippen LogP contribution in [0.15, 0.2) is 205 Å². The maximum absolute atomic E-state index is 6.77. The van der Waals surface area contributed by atoms with Crippen LogP contribution < -0.4 is 32.2 Å². The zero-order valence-corrected chi connectivity index (χ0v) is 36.1. The molecule has 0 aliphatic rings. The zero-order valence-electron chi connectivity index (χ0n) is 36.1. The van der Waals surface area contributed by atoms with Crippen molar-refractivity contribution in [2.45, 2.75) is 0 Å². The Balaban J connectivity index is 1.00. The molecule has 302 valence electrons. The molecule has 11 aromatic rings. The molecule has 0 spiro atoms. The van der Waals surface area contributed by atoms with Crippen molar-refractivity contribution in [1.29, 1.82) is 0 Å². The summed E-state index contributed by atoms with van der Waals surface area (Å²) in [5.74, 6) is 1.03. The molecule has 11 rings (SSSR count). The van der Waals surface area contributed by atoms with Gasteiger partial charge in [0.05, 0.1) is 0 Å². The highest BCUT2D eigenvalue weighted by Gasteiger charge is 2.21. The van der Waals surface area contributed by atoms with Crippen LogP contribution in [-0.4, -0.2) is 54.2 Å². The summed E-state index contributed by atoms with van der Waals surface area (Å²) in [4.78, 5) is 17.0. The Kier molecular flexibility index (Phi) is 10.8. The van der Waals surface area contributed by atoms with Gasteiger partial charge in [-0.15, -0.1) is 16.4 Å². The Morgan fingerprint density at radius 1 is 0.343 bits per heavy atom. The van der Waals surface area contributed by atoms with Gasteiger partial charge in [-0.3, -0.25) is 0 Å². The van der Waals surface area contributed by atoms with E-state index in [4.69, 9.17) is 58.6 Å². The van der Waals surface area contributed by atoms with Crippen LogP contribution >= 0.6 is 0 Å². The number of para-hydroxylation sites is 2. The maximum Gasteiger partial charge on any atom is 0.164 e. The fourth-order valence-corrected chi connectivity index (χ4v) is 8.79. The molecule has 10 radical (unpaired) electrons. The molecule has 5 nitrogen and oxygen atoms in total. The van der Waals surface area contributed by atoms with Crippen molar-refractivity contribution in [3.63, 3.8) is 0 Å². The van der Waals surface area contributed by atoms with Crippen LogP contribution in [0.4, 0.5) is 17.1 Å². The summed E-state index contributed by atoms with van der Waals surface area (Å²) in [6.07, 6.45) is 0. The predicted molar refractivity (Wildman–Crippen MR) is 281 cm³/mol. The molecule has 0 N–H and O–H groups in total. The highest BCUT2D eigenvalue weighted by Crippen LogP contribution is 2.43. The summed E-state index contributed by atoms with van der Waals surface area (Å²) >= 11 is 0. The molecule has 2 aromatic heterocycles. The third-order valence-electron chi connectivity index (χ3n) is 12.2. The average molecular weight is 844 g/mol. The largest absolute Gasteiger partial charge is 0.455 e. The van der Waals surface area contributed by atoms with E-state index in [9.17, 15) is 0 Å². The summed E-state index contributed by atoms with van der Waals surface area (Å²) < 4.78 is 6.77. The van der Waals surface area contributed by atoms with Gasteiger partial charge in [-0.25, -0.2) is 15.0 Å². The second-order valence-electron chi connectivity index (χ2n) is 16.3. The van der Waals surface area contributed by atoms with Crippen LogP contribution in [0.5, 0.6) is 0 Å². The van der Waals surface area contributed by atoms with E-state index >= 15 is 0 Å². The number of aromatic nitrogens is 3. The second-order valence-corrected chi connectivity index (χ2v) is 16.3. The van der Waals surface area contributed by atoms with Gasteiger partial charge in [0.15, 0.2) is 17.5 Å². The average Bonchev–Trinajstić information content (AvgIpc) is 3.78. The van der Waals surface area contributed by atoms with E-state index < -0.39 is 0 Å². The Morgan fingerprint density at radius 3 is 1.46 bits per heavy atom. The van der Waals surface area contributed by atoms with E-state index in [0.29, 0.717) is 17.2 Å². The molecule has 67 heavy (non-hydrogen) atoms. The quantitative estimate of drug-likeness (QED) is 0.136. The van der Waals surface area contributed by atoms with Crippen molar-refractivity contribution >= 4 is 106 Å². The van der Waals surface area contributed by atoms with Crippen molar-refractivity contribution in [2.75, 3.05) is 4.90 Å². The number of furan rings is 1. The van der Waals surface area contributed by atoms with Crippen LogP contribution in [0.25, 0.3) is 89.5 Å². The lowest BCUT2D eigenvalue weighted by Crippen LogP contribution is -2.55. The van der Waals surface area contributed by atoms with Gasteiger partial charge in [0.25, 0.3) is 0 Å². The molecule has 10 heteroatoms. The molecule has 0 saturated heterocycles. The maximum atomic E-state index is 6.77. The van der Waals surface area contributed by atoms with Crippen LogP contribution in [0.2, 0.25) is 0 Å².